The fourth-order valence-corrected chi connectivity index (χ4v) is 8.97. The van der Waals surface area contributed by atoms with Crippen LogP contribution in [-0.2, 0) is 78.5 Å². The maximum absolute atomic E-state index is 14.2. The first-order chi connectivity index (χ1) is 37.4. The first-order valence-electron chi connectivity index (χ1n) is 25.2. The zero-order valence-electron chi connectivity index (χ0n) is 41.9. The minimum Gasteiger partial charge on any atom is -0.452 e. The molecular weight excluding hydrogens is 969 g/mol. The van der Waals surface area contributed by atoms with Crippen molar-refractivity contribution in [2.45, 2.75) is 87.8 Å². The molecule has 0 aromatic heterocycles. The average molecular weight is 1030 g/mol. The third-order valence-corrected chi connectivity index (χ3v) is 12.8. The lowest BCUT2D eigenvalue weighted by molar-refractivity contribution is -0.343. The van der Waals surface area contributed by atoms with Crippen LogP contribution in [0.5, 0.6) is 0 Å². The van der Waals surface area contributed by atoms with E-state index >= 15 is 0 Å². The second-order valence-corrected chi connectivity index (χ2v) is 18.1. The van der Waals surface area contributed by atoms with Gasteiger partial charge in [0, 0.05) is 7.11 Å². The van der Waals surface area contributed by atoms with Crippen LogP contribution in [0.25, 0.3) is 0 Å². The van der Waals surface area contributed by atoms with Crippen LogP contribution in [0.15, 0.2) is 212 Å². The molecule has 2 saturated heterocycles. The minimum atomic E-state index is -1.52. The van der Waals surface area contributed by atoms with Crippen LogP contribution >= 0.6 is 0 Å². The number of ether oxygens (including phenoxy) is 11. The summed E-state index contributed by atoms with van der Waals surface area (Å²) >= 11 is 0. The van der Waals surface area contributed by atoms with Gasteiger partial charge in [0.25, 0.3) is 0 Å². The van der Waals surface area contributed by atoms with Crippen LogP contribution < -0.4 is 0 Å². The van der Waals surface area contributed by atoms with Gasteiger partial charge in [0.05, 0.1) is 56.3 Å². The van der Waals surface area contributed by atoms with Gasteiger partial charge in [0.15, 0.2) is 30.9 Å². The Morgan fingerprint density at radius 2 is 0.684 bits per heavy atom. The highest BCUT2D eigenvalue weighted by Crippen LogP contribution is 2.35. The third kappa shape index (κ3) is 14.5. The van der Waals surface area contributed by atoms with E-state index in [0.717, 1.165) is 22.3 Å². The van der Waals surface area contributed by atoms with Gasteiger partial charge in [-0.15, -0.1) is 0 Å². The van der Waals surface area contributed by atoms with Gasteiger partial charge >= 0.3 is 17.9 Å². The third-order valence-electron chi connectivity index (χ3n) is 12.8. The number of benzene rings is 7. The highest BCUT2D eigenvalue weighted by Gasteiger charge is 2.55. The summed E-state index contributed by atoms with van der Waals surface area (Å²) in [5.41, 5.74) is 4.28. The molecule has 0 saturated carbocycles. The second-order valence-electron chi connectivity index (χ2n) is 18.1. The quantitative estimate of drug-likeness (QED) is 0.0441. The van der Waals surface area contributed by atoms with E-state index in [9.17, 15) is 14.4 Å². The molecule has 9 rings (SSSR count). The highest BCUT2D eigenvalue weighted by atomic mass is 16.8. The van der Waals surface area contributed by atoms with Crippen molar-refractivity contribution in [3.05, 3.63) is 251 Å². The molecule has 2 fully saturated rings. The van der Waals surface area contributed by atoms with E-state index in [1.807, 2.05) is 121 Å². The van der Waals surface area contributed by atoms with Crippen LogP contribution in [0.4, 0.5) is 0 Å². The average Bonchev–Trinajstić information content (AvgIpc) is 3.48. The molecule has 2 aliphatic heterocycles. The Hall–Kier alpha value is -7.37. The van der Waals surface area contributed by atoms with E-state index in [4.69, 9.17) is 52.1 Å². The maximum atomic E-state index is 14.2. The topological polar surface area (TPSA) is 153 Å². The van der Waals surface area contributed by atoms with E-state index in [2.05, 4.69) is 0 Å². The summed E-state index contributed by atoms with van der Waals surface area (Å²) in [5.74, 6) is -2.32. The molecule has 0 amide bonds. The molecule has 0 radical (unpaired) electrons. The molecular formula is C62H60O14. The van der Waals surface area contributed by atoms with Crippen LogP contribution in [0.2, 0.25) is 0 Å². The van der Waals surface area contributed by atoms with Crippen molar-refractivity contribution < 1.29 is 66.5 Å². The van der Waals surface area contributed by atoms with Gasteiger partial charge in [0.1, 0.15) is 30.5 Å². The summed E-state index contributed by atoms with van der Waals surface area (Å²) in [6.07, 6.45) is -11.7. The molecule has 7 aromatic rings. The van der Waals surface area contributed by atoms with Gasteiger partial charge in [-0.3, -0.25) is 0 Å². The summed E-state index contributed by atoms with van der Waals surface area (Å²) in [6.45, 7) is 0.495. The zero-order chi connectivity index (χ0) is 52.3. The number of carbonyl (C=O) groups excluding carboxylic acids is 3. The largest absolute Gasteiger partial charge is 0.452 e. The van der Waals surface area contributed by atoms with Crippen molar-refractivity contribution >= 4 is 17.9 Å². The number of hydrogen-bond acceptors (Lipinski definition) is 14. The minimum absolute atomic E-state index is 0.0553. The predicted octanol–water partition coefficient (Wildman–Crippen LogP) is 9.75. The predicted molar refractivity (Wildman–Crippen MR) is 278 cm³/mol. The molecule has 2 heterocycles. The molecule has 0 spiro atoms. The van der Waals surface area contributed by atoms with Crippen molar-refractivity contribution in [3.8, 4) is 0 Å². The van der Waals surface area contributed by atoms with E-state index in [1.54, 1.807) is 91.0 Å². The molecule has 0 unspecified atom stereocenters. The Bertz CT molecular complexity index is 2830. The molecule has 14 nitrogen and oxygen atoms in total. The first kappa shape index (κ1) is 53.5. The van der Waals surface area contributed by atoms with Gasteiger partial charge < -0.3 is 52.1 Å². The Labute approximate surface area is 442 Å². The van der Waals surface area contributed by atoms with Crippen molar-refractivity contribution in [2.24, 2.45) is 0 Å². The van der Waals surface area contributed by atoms with E-state index in [-0.39, 0.29) is 56.3 Å². The van der Waals surface area contributed by atoms with Crippen molar-refractivity contribution in [1.29, 1.82) is 0 Å². The summed E-state index contributed by atoms with van der Waals surface area (Å²) in [7, 11) is 1.36. The Morgan fingerprint density at radius 1 is 0.342 bits per heavy atom. The zero-order valence-corrected chi connectivity index (χ0v) is 41.9. The molecule has 7 aromatic carbocycles. The molecule has 14 heteroatoms. The van der Waals surface area contributed by atoms with Gasteiger partial charge in [-0.25, -0.2) is 14.4 Å². The molecule has 76 heavy (non-hydrogen) atoms. The SMILES string of the molecule is CO[C@H]1O[C@H](CO[C@H]2O[C@H](COCc3ccccc3)[C@@H](OCc3ccccc3)[C@H](OCc3ccccc3)[C@H]2OCc2ccccc2)[C@@H](OC(=O)c2ccccc2)[C@H](OC(=O)c2ccccc2)[C@H]1OC(=O)c1ccccc1. The molecule has 392 valence electrons. The lowest BCUT2D eigenvalue weighted by atomic mass is 9.96. The van der Waals surface area contributed by atoms with Crippen LogP contribution in [0.3, 0.4) is 0 Å². The Morgan fingerprint density at radius 3 is 1.12 bits per heavy atom. The maximum Gasteiger partial charge on any atom is 0.338 e. The number of methoxy groups -OCH3 is 1. The Kier molecular flexibility index (Phi) is 19.3. The summed E-state index contributed by atoms with van der Waals surface area (Å²) < 4.78 is 72.2. The standard InChI is InChI=1S/C62H60O14/c1-66-61-57(76-60(65)49-35-21-8-22-36-49)55(75-59(64)48-33-19-7-20-34-48)53(74-58(63)47-31-17-6-18-32-47)51(72-61)42-71-62-56(70-40-46-29-15-5-16-30-46)54(69-39-45-27-13-4-14-28-45)52(68-38-44-25-11-3-12-26-44)50(73-62)41-67-37-43-23-9-2-10-24-43/h2-36,50-57,61-62H,37-42H2,1H3/t50-,51-,52-,53-,54+,55+,56-,57-,61+,62+/m1/s1. The smallest absolute Gasteiger partial charge is 0.338 e. The van der Waals surface area contributed by atoms with Gasteiger partial charge in [-0.05, 0) is 58.7 Å². The molecule has 0 N–H and O–H groups in total. The van der Waals surface area contributed by atoms with Crippen LogP contribution in [0.1, 0.15) is 53.3 Å². The van der Waals surface area contributed by atoms with E-state index in [0.29, 0.717) is 0 Å². The van der Waals surface area contributed by atoms with Crippen molar-refractivity contribution in [3.63, 3.8) is 0 Å². The van der Waals surface area contributed by atoms with Gasteiger partial charge in [-0.1, -0.05) is 176 Å². The Balaban J connectivity index is 1.08. The fourth-order valence-electron chi connectivity index (χ4n) is 8.97. The highest BCUT2D eigenvalue weighted by molar-refractivity contribution is 5.91. The normalized spacial score (nSPS) is 23.2. The lowest BCUT2D eigenvalue weighted by Gasteiger charge is -2.47. The summed E-state index contributed by atoms with van der Waals surface area (Å²) in [4.78, 5) is 42.3. The van der Waals surface area contributed by atoms with E-state index in [1.165, 1.54) is 7.11 Å². The summed E-state index contributed by atoms with van der Waals surface area (Å²) in [6, 6.07) is 63.9. The summed E-state index contributed by atoms with van der Waals surface area (Å²) in [5, 5.41) is 0. The lowest BCUT2D eigenvalue weighted by Crippen LogP contribution is -2.64. The molecule has 10 atom stereocenters. The van der Waals surface area contributed by atoms with Crippen molar-refractivity contribution in [1.82, 2.24) is 0 Å². The number of hydrogen-bond donors (Lipinski definition) is 0. The molecule has 2 aliphatic rings. The van der Waals surface area contributed by atoms with Crippen LogP contribution in [-0.4, -0.2) is 99.6 Å². The number of rotatable bonds is 23. The van der Waals surface area contributed by atoms with E-state index < -0.39 is 79.3 Å². The van der Waals surface area contributed by atoms with Gasteiger partial charge in [0.2, 0.25) is 0 Å². The van der Waals surface area contributed by atoms with Gasteiger partial charge in [-0.2, -0.15) is 0 Å². The monoisotopic (exact) mass is 1030 g/mol. The second kappa shape index (κ2) is 27.4. The first-order valence-corrected chi connectivity index (χ1v) is 25.2. The van der Waals surface area contributed by atoms with Crippen molar-refractivity contribution in [2.75, 3.05) is 20.3 Å². The van der Waals surface area contributed by atoms with Crippen LogP contribution in [0, 0.1) is 0 Å². The fraction of sp³-hybridized carbons (Fsp3) is 0.274. The number of carbonyl (C=O) groups is 3. The number of esters is 3. The molecule has 0 bridgehead atoms. The molecule has 0 aliphatic carbocycles.